The normalized spacial score (nSPS) is 11.6. The highest BCUT2D eigenvalue weighted by atomic mass is 35.5. The molecule has 0 atom stereocenters. The highest BCUT2D eigenvalue weighted by Gasteiger charge is 2.22. The summed E-state index contributed by atoms with van der Waals surface area (Å²) in [6, 6.07) is 21.0. The summed E-state index contributed by atoms with van der Waals surface area (Å²) in [5, 5.41) is 3.58. The van der Waals surface area contributed by atoms with Crippen LogP contribution in [0.5, 0.6) is 0 Å². The number of benzene rings is 4. The molecule has 0 heterocycles. The Labute approximate surface area is 257 Å². The molecule has 0 saturated heterocycles. The predicted molar refractivity (Wildman–Crippen MR) is 166 cm³/mol. The highest BCUT2D eigenvalue weighted by molar-refractivity contribution is 7.92. The maximum Gasteiger partial charge on any atom is 0.261 e. The summed E-state index contributed by atoms with van der Waals surface area (Å²) in [4.78, 5) is 12.8. The molecule has 214 valence electrons. The Morgan fingerprint density at radius 3 is 1.98 bits per heavy atom. The molecule has 0 aliphatic rings. The average Bonchev–Trinajstić information content (AvgIpc) is 2.88. The van der Waals surface area contributed by atoms with E-state index in [4.69, 9.17) is 46.4 Å². The summed E-state index contributed by atoms with van der Waals surface area (Å²) in [7, 11) is -7.64. The Balaban J connectivity index is 1.44. The van der Waals surface area contributed by atoms with Gasteiger partial charge < -0.3 is 5.32 Å². The lowest BCUT2D eigenvalue weighted by Crippen LogP contribution is -2.29. The van der Waals surface area contributed by atoms with Gasteiger partial charge in [0.05, 0.1) is 39.1 Å². The second kappa shape index (κ2) is 12.5. The Morgan fingerprint density at radius 2 is 1.39 bits per heavy atom. The van der Waals surface area contributed by atoms with Crippen LogP contribution in [0, 0.1) is 0 Å². The first-order valence-corrected chi connectivity index (χ1v) is 16.5. The molecule has 0 aliphatic carbocycles. The fourth-order valence-electron chi connectivity index (χ4n) is 3.74. The van der Waals surface area contributed by atoms with Gasteiger partial charge in [-0.15, -0.1) is 0 Å². The molecule has 4 rings (SSSR count). The van der Waals surface area contributed by atoms with Gasteiger partial charge >= 0.3 is 0 Å². The van der Waals surface area contributed by atoms with Crippen molar-refractivity contribution in [2.45, 2.75) is 11.4 Å². The zero-order valence-corrected chi connectivity index (χ0v) is 25.8. The SMILES string of the molecule is CS(=O)(=O)N(Cc1ccc(C(=O)Nc2ccc(S(=O)(=O)Nc3cc(Cl)cc(Cl)c3)cc2)cc1)c1cccc(Cl)c1Cl. The standard InChI is InChI=1S/C27H21Cl4N3O5S2/c1-40(36,37)34(25-4-2-3-24(30)26(25)31)16-17-5-7-18(8-6-17)27(35)32-21-9-11-23(12-10-21)41(38,39)33-22-14-19(28)13-20(29)15-22/h2-15,33H,16H2,1H3,(H,32,35). The van der Waals surface area contributed by atoms with Crippen molar-refractivity contribution in [1.82, 2.24) is 0 Å². The van der Waals surface area contributed by atoms with Crippen molar-refractivity contribution in [3.05, 3.63) is 116 Å². The molecule has 8 nitrogen and oxygen atoms in total. The van der Waals surface area contributed by atoms with Crippen LogP contribution in [0.15, 0.2) is 89.8 Å². The minimum absolute atomic E-state index is 0.0356. The molecule has 0 radical (unpaired) electrons. The Kier molecular flexibility index (Phi) is 9.42. The van der Waals surface area contributed by atoms with Crippen LogP contribution in [0.1, 0.15) is 15.9 Å². The molecular weight excluding hydrogens is 652 g/mol. The number of halogens is 4. The summed E-state index contributed by atoms with van der Waals surface area (Å²) < 4.78 is 54.0. The predicted octanol–water partition coefficient (Wildman–Crippen LogP) is 7.32. The molecule has 0 fully saturated rings. The third-order valence-electron chi connectivity index (χ3n) is 5.68. The second-order valence-electron chi connectivity index (χ2n) is 8.78. The van der Waals surface area contributed by atoms with Crippen molar-refractivity contribution in [3.8, 4) is 0 Å². The molecule has 0 saturated carbocycles. The van der Waals surface area contributed by atoms with E-state index in [1.165, 1.54) is 42.5 Å². The van der Waals surface area contributed by atoms with Crippen molar-refractivity contribution in [2.75, 3.05) is 20.6 Å². The molecule has 0 aromatic heterocycles. The number of carbonyl (C=O) groups is 1. The largest absolute Gasteiger partial charge is 0.322 e. The maximum atomic E-state index is 12.8. The Hall–Kier alpha value is -2.99. The minimum Gasteiger partial charge on any atom is -0.322 e. The van der Waals surface area contributed by atoms with Crippen molar-refractivity contribution >= 4 is 89.4 Å². The van der Waals surface area contributed by atoms with E-state index in [9.17, 15) is 21.6 Å². The summed E-state index contributed by atoms with van der Waals surface area (Å²) in [5.41, 5.74) is 1.71. The number of hydrogen-bond acceptors (Lipinski definition) is 5. The third-order valence-corrected chi connectivity index (χ3v) is 9.45. The van der Waals surface area contributed by atoms with Crippen LogP contribution < -0.4 is 14.3 Å². The van der Waals surface area contributed by atoms with Crippen LogP contribution in [-0.2, 0) is 26.6 Å². The van der Waals surface area contributed by atoms with Crippen LogP contribution in [0.25, 0.3) is 0 Å². The monoisotopic (exact) mass is 671 g/mol. The van der Waals surface area contributed by atoms with Crippen LogP contribution in [0.4, 0.5) is 17.1 Å². The van der Waals surface area contributed by atoms with Gasteiger partial charge in [0, 0.05) is 21.3 Å². The number of carbonyl (C=O) groups excluding carboxylic acids is 1. The molecule has 41 heavy (non-hydrogen) atoms. The first-order chi connectivity index (χ1) is 19.2. The molecule has 4 aromatic carbocycles. The van der Waals surface area contributed by atoms with Gasteiger partial charge in [0.1, 0.15) is 0 Å². The first kappa shape index (κ1) is 31.0. The molecule has 14 heteroatoms. The van der Waals surface area contributed by atoms with E-state index in [1.807, 2.05) is 0 Å². The Bertz CT molecular complexity index is 1800. The van der Waals surface area contributed by atoms with Gasteiger partial charge in [-0.25, -0.2) is 16.8 Å². The van der Waals surface area contributed by atoms with Crippen molar-refractivity contribution in [2.24, 2.45) is 0 Å². The van der Waals surface area contributed by atoms with E-state index >= 15 is 0 Å². The van der Waals surface area contributed by atoms with Gasteiger partial charge in [-0.05, 0) is 72.3 Å². The third kappa shape index (κ3) is 7.85. The lowest BCUT2D eigenvalue weighted by atomic mass is 10.1. The van der Waals surface area contributed by atoms with Gasteiger partial charge in [-0.3, -0.25) is 13.8 Å². The molecule has 4 aromatic rings. The number of amides is 1. The number of nitrogens with zero attached hydrogens (tertiary/aromatic N) is 1. The van der Waals surface area contributed by atoms with Crippen LogP contribution in [-0.4, -0.2) is 29.0 Å². The number of anilines is 3. The summed E-state index contributed by atoms with van der Waals surface area (Å²) >= 11 is 24.2. The number of sulfonamides is 2. The lowest BCUT2D eigenvalue weighted by molar-refractivity contribution is 0.102. The fraction of sp³-hybridized carbons (Fsp3) is 0.0741. The fourth-order valence-corrected chi connectivity index (χ4v) is 6.65. The number of nitrogens with one attached hydrogen (secondary N) is 2. The van der Waals surface area contributed by atoms with Gasteiger partial charge in [0.25, 0.3) is 15.9 Å². The van der Waals surface area contributed by atoms with Gasteiger partial charge in [-0.1, -0.05) is 64.6 Å². The van der Waals surface area contributed by atoms with Gasteiger partial charge in [0.2, 0.25) is 10.0 Å². The Morgan fingerprint density at radius 1 is 0.780 bits per heavy atom. The maximum absolute atomic E-state index is 12.8. The molecule has 0 spiro atoms. The first-order valence-electron chi connectivity index (χ1n) is 11.6. The molecule has 0 bridgehead atoms. The van der Waals surface area contributed by atoms with Crippen LogP contribution in [0.3, 0.4) is 0 Å². The van der Waals surface area contributed by atoms with Crippen molar-refractivity contribution < 1.29 is 21.6 Å². The zero-order chi connectivity index (χ0) is 29.9. The quantitative estimate of drug-likeness (QED) is 0.194. The summed E-state index contributed by atoms with van der Waals surface area (Å²) in [5.74, 6) is -0.447. The summed E-state index contributed by atoms with van der Waals surface area (Å²) in [6.07, 6.45) is 1.06. The van der Waals surface area contributed by atoms with Crippen LogP contribution in [0.2, 0.25) is 20.1 Å². The second-order valence-corrected chi connectivity index (χ2v) is 14.0. The molecule has 1 amide bonds. The minimum atomic E-state index is -3.94. The van der Waals surface area contributed by atoms with E-state index in [1.54, 1.807) is 42.5 Å². The molecule has 0 aliphatic heterocycles. The average molecular weight is 673 g/mol. The van der Waals surface area contributed by atoms with Gasteiger partial charge in [0.15, 0.2) is 0 Å². The van der Waals surface area contributed by atoms with Crippen LogP contribution >= 0.6 is 46.4 Å². The van der Waals surface area contributed by atoms with Gasteiger partial charge in [-0.2, -0.15) is 0 Å². The molecule has 2 N–H and O–H groups in total. The summed E-state index contributed by atoms with van der Waals surface area (Å²) in [6.45, 7) is -0.0356. The number of rotatable bonds is 9. The lowest BCUT2D eigenvalue weighted by Gasteiger charge is -2.24. The van der Waals surface area contributed by atoms with E-state index in [2.05, 4.69) is 10.0 Å². The van der Waals surface area contributed by atoms with E-state index < -0.39 is 26.0 Å². The topological polar surface area (TPSA) is 113 Å². The smallest absolute Gasteiger partial charge is 0.261 e. The van der Waals surface area contributed by atoms with E-state index in [0.717, 1.165) is 10.6 Å². The van der Waals surface area contributed by atoms with Crippen molar-refractivity contribution in [3.63, 3.8) is 0 Å². The molecular formula is C27H21Cl4N3O5S2. The van der Waals surface area contributed by atoms with Crippen molar-refractivity contribution in [1.29, 1.82) is 0 Å². The molecule has 0 unspecified atom stereocenters. The van der Waals surface area contributed by atoms with E-state index in [0.29, 0.717) is 16.8 Å². The number of hydrogen-bond donors (Lipinski definition) is 2. The highest BCUT2D eigenvalue weighted by Crippen LogP contribution is 2.34. The zero-order valence-electron chi connectivity index (χ0n) is 21.1. The van der Waals surface area contributed by atoms with E-state index in [-0.39, 0.29) is 42.9 Å².